The van der Waals surface area contributed by atoms with Crippen molar-refractivity contribution in [1.82, 2.24) is 5.32 Å². The Hall–Kier alpha value is -1.00. The van der Waals surface area contributed by atoms with Crippen molar-refractivity contribution in [3.63, 3.8) is 0 Å². The summed E-state index contributed by atoms with van der Waals surface area (Å²) >= 11 is 0. The maximum atomic E-state index is 12.7. The molecule has 2 N–H and O–H groups in total. The zero-order valence-electron chi connectivity index (χ0n) is 7.93. The van der Waals surface area contributed by atoms with Crippen molar-refractivity contribution in [3.8, 4) is 0 Å². The molecule has 1 rings (SSSR count). The molecule has 0 aliphatic rings. The van der Waals surface area contributed by atoms with Gasteiger partial charge in [0.05, 0.1) is 6.10 Å². The predicted octanol–water partition coefficient (Wildman–Crippen LogP) is 1.44. The highest BCUT2D eigenvalue weighted by Gasteiger charge is 2.02. The van der Waals surface area contributed by atoms with Gasteiger partial charge in [0.15, 0.2) is 11.6 Å². The molecular formula is C10H13F2NO. The van der Waals surface area contributed by atoms with Gasteiger partial charge in [0.2, 0.25) is 0 Å². The van der Waals surface area contributed by atoms with E-state index in [2.05, 4.69) is 5.32 Å². The number of aliphatic hydroxyl groups excluding tert-OH is 1. The van der Waals surface area contributed by atoms with Crippen molar-refractivity contribution in [3.05, 3.63) is 35.4 Å². The first-order valence-corrected chi connectivity index (χ1v) is 4.42. The fourth-order valence-electron chi connectivity index (χ4n) is 1.07. The second kappa shape index (κ2) is 5.02. The van der Waals surface area contributed by atoms with Crippen LogP contribution in [0.2, 0.25) is 0 Å². The molecule has 0 aliphatic heterocycles. The molecule has 1 atom stereocenters. The summed E-state index contributed by atoms with van der Waals surface area (Å²) in [5.41, 5.74) is 0.657. The summed E-state index contributed by atoms with van der Waals surface area (Å²) in [6.45, 7) is 2.50. The first-order valence-electron chi connectivity index (χ1n) is 4.42. The van der Waals surface area contributed by atoms with Crippen LogP contribution >= 0.6 is 0 Å². The molecule has 1 aromatic carbocycles. The molecule has 0 heterocycles. The Balaban J connectivity index is 2.47. The van der Waals surface area contributed by atoms with Crippen LogP contribution in [0.15, 0.2) is 18.2 Å². The van der Waals surface area contributed by atoms with E-state index in [1.54, 1.807) is 6.92 Å². The van der Waals surface area contributed by atoms with Gasteiger partial charge in [0.25, 0.3) is 0 Å². The molecule has 0 bridgehead atoms. The third-order valence-corrected chi connectivity index (χ3v) is 1.75. The molecular weight excluding hydrogens is 188 g/mol. The van der Waals surface area contributed by atoms with E-state index in [0.717, 1.165) is 12.1 Å². The van der Waals surface area contributed by atoms with Gasteiger partial charge in [-0.3, -0.25) is 0 Å². The Labute approximate surface area is 81.6 Å². The molecule has 0 spiro atoms. The maximum Gasteiger partial charge on any atom is 0.159 e. The van der Waals surface area contributed by atoms with E-state index in [1.807, 2.05) is 0 Å². The van der Waals surface area contributed by atoms with Crippen LogP contribution in [0, 0.1) is 11.6 Å². The normalized spacial score (nSPS) is 12.9. The fourth-order valence-corrected chi connectivity index (χ4v) is 1.07. The number of nitrogens with one attached hydrogen (secondary N) is 1. The Morgan fingerprint density at radius 3 is 2.64 bits per heavy atom. The van der Waals surface area contributed by atoms with Crippen molar-refractivity contribution < 1.29 is 13.9 Å². The summed E-state index contributed by atoms with van der Waals surface area (Å²) in [5, 5.41) is 11.8. The van der Waals surface area contributed by atoms with Crippen LogP contribution in [0.25, 0.3) is 0 Å². The van der Waals surface area contributed by atoms with E-state index in [1.165, 1.54) is 6.07 Å². The molecule has 0 fully saturated rings. The molecule has 1 aromatic rings. The van der Waals surface area contributed by atoms with Crippen molar-refractivity contribution in [2.24, 2.45) is 0 Å². The van der Waals surface area contributed by atoms with Gasteiger partial charge in [-0.1, -0.05) is 6.07 Å². The highest BCUT2D eigenvalue weighted by atomic mass is 19.2. The number of halogens is 2. The standard InChI is InChI=1S/C10H13F2NO/c1-7(14)5-13-6-8-2-3-9(11)10(12)4-8/h2-4,7,13-14H,5-6H2,1H3/t7-/m0/s1. The van der Waals surface area contributed by atoms with Crippen molar-refractivity contribution >= 4 is 0 Å². The molecule has 0 saturated heterocycles. The van der Waals surface area contributed by atoms with E-state index < -0.39 is 17.7 Å². The van der Waals surface area contributed by atoms with E-state index in [4.69, 9.17) is 5.11 Å². The molecule has 4 heteroatoms. The Kier molecular flexibility index (Phi) is 3.98. The van der Waals surface area contributed by atoms with Gasteiger partial charge in [-0.15, -0.1) is 0 Å². The quantitative estimate of drug-likeness (QED) is 0.772. The molecule has 0 saturated carbocycles. The average molecular weight is 201 g/mol. The summed E-state index contributed by atoms with van der Waals surface area (Å²) in [7, 11) is 0. The van der Waals surface area contributed by atoms with Gasteiger partial charge in [-0.2, -0.15) is 0 Å². The van der Waals surface area contributed by atoms with Gasteiger partial charge in [0, 0.05) is 13.1 Å². The van der Waals surface area contributed by atoms with Crippen LogP contribution in [0.1, 0.15) is 12.5 Å². The molecule has 14 heavy (non-hydrogen) atoms. The zero-order valence-corrected chi connectivity index (χ0v) is 7.93. The lowest BCUT2D eigenvalue weighted by Crippen LogP contribution is -2.23. The summed E-state index contributed by atoms with van der Waals surface area (Å²) < 4.78 is 25.2. The maximum absolute atomic E-state index is 12.7. The molecule has 0 radical (unpaired) electrons. The molecule has 78 valence electrons. The third kappa shape index (κ3) is 3.40. The van der Waals surface area contributed by atoms with Gasteiger partial charge in [0.1, 0.15) is 0 Å². The SMILES string of the molecule is C[C@H](O)CNCc1ccc(F)c(F)c1. The van der Waals surface area contributed by atoms with Crippen LogP contribution in [-0.2, 0) is 6.54 Å². The Bertz CT molecular complexity index is 302. The van der Waals surface area contributed by atoms with Crippen LogP contribution in [0.3, 0.4) is 0 Å². The second-order valence-electron chi connectivity index (χ2n) is 3.23. The fraction of sp³-hybridized carbons (Fsp3) is 0.400. The van der Waals surface area contributed by atoms with Crippen LogP contribution in [0.5, 0.6) is 0 Å². The largest absolute Gasteiger partial charge is 0.392 e. The average Bonchev–Trinajstić information content (AvgIpc) is 2.10. The second-order valence-corrected chi connectivity index (χ2v) is 3.23. The first kappa shape index (κ1) is 11.1. The van der Waals surface area contributed by atoms with Crippen molar-refractivity contribution in [1.29, 1.82) is 0 Å². The van der Waals surface area contributed by atoms with Gasteiger partial charge >= 0.3 is 0 Å². The van der Waals surface area contributed by atoms with E-state index in [-0.39, 0.29) is 0 Å². The topological polar surface area (TPSA) is 32.3 Å². The first-order chi connectivity index (χ1) is 6.59. The molecule has 0 amide bonds. The predicted molar refractivity (Wildman–Crippen MR) is 49.7 cm³/mol. The number of hydrogen-bond donors (Lipinski definition) is 2. The molecule has 0 aromatic heterocycles. The lowest BCUT2D eigenvalue weighted by molar-refractivity contribution is 0.191. The van der Waals surface area contributed by atoms with E-state index in [0.29, 0.717) is 18.7 Å². The monoisotopic (exact) mass is 201 g/mol. The molecule has 2 nitrogen and oxygen atoms in total. The number of hydrogen-bond acceptors (Lipinski definition) is 2. The summed E-state index contributed by atoms with van der Waals surface area (Å²) in [6.07, 6.45) is -0.444. The van der Waals surface area contributed by atoms with Crippen molar-refractivity contribution in [2.45, 2.75) is 19.6 Å². The summed E-state index contributed by atoms with van der Waals surface area (Å²) in [4.78, 5) is 0. The van der Waals surface area contributed by atoms with Gasteiger partial charge in [-0.25, -0.2) is 8.78 Å². The number of rotatable bonds is 4. The van der Waals surface area contributed by atoms with E-state index in [9.17, 15) is 8.78 Å². The number of aliphatic hydroxyl groups is 1. The lowest BCUT2D eigenvalue weighted by atomic mass is 10.2. The Morgan fingerprint density at radius 2 is 2.07 bits per heavy atom. The summed E-state index contributed by atoms with van der Waals surface area (Å²) in [5.74, 6) is -1.69. The van der Waals surface area contributed by atoms with Crippen molar-refractivity contribution in [2.75, 3.05) is 6.54 Å². The smallest absolute Gasteiger partial charge is 0.159 e. The Morgan fingerprint density at radius 1 is 1.36 bits per heavy atom. The lowest BCUT2D eigenvalue weighted by Gasteiger charge is -2.06. The summed E-state index contributed by atoms with van der Waals surface area (Å²) in [6, 6.07) is 3.74. The van der Waals surface area contributed by atoms with Crippen LogP contribution < -0.4 is 5.32 Å². The number of benzene rings is 1. The van der Waals surface area contributed by atoms with Gasteiger partial charge in [-0.05, 0) is 24.6 Å². The zero-order chi connectivity index (χ0) is 10.6. The highest BCUT2D eigenvalue weighted by Crippen LogP contribution is 2.08. The third-order valence-electron chi connectivity index (χ3n) is 1.75. The minimum atomic E-state index is -0.846. The minimum absolute atomic E-state index is 0.419. The van der Waals surface area contributed by atoms with E-state index >= 15 is 0 Å². The molecule has 0 aliphatic carbocycles. The van der Waals surface area contributed by atoms with Crippen LogP contribution in [-0.4, -0.2) is 17.8 Å². The highest BCUT2D eigenvalue weighted by molar-refractivity contribution is 5.17. The minimum Gasteiger partial charge on any atom is -0.392 e. The van der Waals surface area contributed by atoms with Crippen LogP contribution in [0.4, 0.5) is 8.78 Å². The molecule has 0 unspecified atom stereocenters. The van der Waals surface area contributed by atoms with Gasteiger partial charge < -0.3 is 10.4 Å².